The molecule has 0 aromatic heterocycles. The van der Waals surface area contributed by atoms with Crippen molar-refractivity contribution in [1.82, 2.24) is 10.2 Å². The summed E-state index contributed by atoms with van der Waals surface area (Å²) in [6, 6.07) is 8.14. The van der Waals surface area contributed by atoms with Gasteiger partial charge < -0.3 is 10.2 Å². The van der Waals surface area contributed by atoms with E-state index in [1.165, 1.54) is 17.7 Å². The van der Waals surface area contributed by atoms with Crippen LogP contribution in [0.3, 0.4) is 0 Å². The molecule has 27 heavy (non-hydrogen) atoms. The Bertz CT molecular complexity index is 644. The fraction of sp³-hybridized carbons (Fsp3) is 0.619. The molecule has 6 heteroatoms. The molecule has 2 aliphatic heterocycles. The van der Waals surface area contributed by atoms with Crippen LogP contribution in [0.5, 0.6) is 0 Å². The van der Waals surface area contributed by atoms with Crippen molar-refractivity contribution in [1.29, 1.82) is 0 Å². The number of anilines is 1. The lowest BCUT2D eigenvalue weighted by Gasteiger charge is -2.34. The molecular weight excluding hydrogens is 358 g/mol. The van der Waals surface area contributed by atoms with Crippen LogP contribution in [0, 0.1) is 5.92 Å². The normalized spacial score (nSPS) is 18.2. The van der Waals surface area contributed by atoms with Gasteiger partial charge in [-0.2, -0.15) is 0 Å². The van der Waals surface area contributed by atoms with Gasteiger partial charge in [0.15, 0.2) is 0 Å². The number of thioether (sulfide) groups is 1. The number of nitrogens with one attached hydrogen (secondary N) is 1. The molecule has 2 heterocycles. The van der Waals surface area contributed by atoms with Crippen LogP contribution in [0.15, 0.2) is 29.2 Å². The van der Waals surface area contributed by atoms with E-state index < -0.39 is 0 Å². The molecule has 1 fully saturated rings. The first kappa shape index (κ1) is 20.2. The molecule has 2 aliphatic rings. The van der Waals surface area contributed by atoms with Crippen molar-refractivity contribution < 1.29 is 9.59 Å². The number of hydrogen-bond acceptors (Lipinski definition) is 4. The number of rotatable bonds is 7. The number of para-hydroxylation sites is 1. The van der Waals surface area contributed by atoms with Crippen molar-refractivity contribution in [3.8, 4) is 0 Å². The average Bonchev–Trinajstić information content (AvgIpc) is 2.71. The van der Waals surface area contributed by atoms with Crippen LogP contribution in [-0.2, 0) is 9.59 Å². The molecule has 2 amide bonds. The summed E-state index contributed by atoms with van der Waals surface area (Å²) in [6.07, 6.45) is 5.09. The molecule has 0 spiro atoms. The highest BCUT2D eigenvalue weighted by molar-refractivity contribution is 7.99. The lowest BCUT2D eigenvalue weighted by Crippen LogP contribution is -2.46. The van der Waals surface area contributed by atoms with Crippen molar-refractivity contribution in [2.75, 3.05) is 43.4 Å². The Hall–Kier alpha value is -1.53. The van der Waals surface area contributed by atoms with Crippen LogP contribution in [0.1, 0.15) is 39.0 Å². The molecule has 1 N–H and O–H groups in total. The minimum Gasteiger partial charge on any atom is -0.356 e. The third-order valence-corrected chi connectivity index (χ3v) is 6.47. The minimum absolute atomic E-state index is 0.102. The van der Waals surface area contributed by atoms with Crippen molar-refractivity contribution >= 4 is 29.3 Å². The zero-order valence-electron chi connectivity index (χ0n) is 16.3. The number of piperidine rings is 1. The average molecular weight is 390 g/mol. The zero-order valence-corrected chi connectivity index (χ0v) is 17.1. The maximum Gasteiger partial charge on any atom is 0.241 e. The summed E-state index contributed by atoms with van der Waals surface area (Å²) in [5.74, 6) is 1.41. The number of benzene rings is 1. The van der Waals surface area contributed by atoms with Crippen LogP contribution < -0.4 is 10.2 Å². The fourth-order valence-electron chi connectivity index (χ4n) is 3.79. The highest BCUT2D eigenvalue weighted by Gasteiger charge is 2.28. The number of likely N-dealkylation sites (tertiary alicyclic amines) is 1. The summed E-state index contributed by atoms with van der Waals surface area (Å²) in [6.45, 7) is 5.82. The topological polar surface area (TPSA) is 52.7 Å². The van der Waals surface area contributed by atoms with Gasteiger partial charge in [0.1, 0.15) is 0 Å². The summed E-state index contributed by atoms with van der Waals surface area (Å²) in [5, 5.41) is 3.07. The molecule has 3 rings (SSSR count). The minimum atomic E-state index is 0.102. The first-order valence-corrected chi connectivity index (χ1v) is 11.2. The predicted molar refractivity (Wildman–Crippen MR) is 111 cm³/mol. The third kappa shape index (κ3) is 5.48. The SMILES string of the molecule is CCCCCNC(=O)C1CCN(CC(=O)N2CCSc3ccccc32)CC1. The van der Waals surface area contributed by atoms with E-state index in [0.717, 1.165) is 56.9 Å². The highest BCUT2D eigenvalue weighted by Crippen LogP contribution is 2.34. The van der Waals surface area contributed by atoms with E-state index >= 15 is 0 Å². The molecule has 0 bridgehead atoms. The first-order valence-electron chi connectivity index (χ1n) is 10.2. The van der Waals surface area contributed by atoms with Crippen molar-refractivity contribution in [2.24, 2.45) is 5.92 Å². The molecule has 1 saturated heterocycles. The number of fused-ring (bicyclic) bond motifs is 1. The van der Waals surface area contributed by atoms with Crippen LogP contribution in [-0.4, -0.2) is 55.2 Å². The van der Waals surface area contributed by atoms with E-state index in [0.29, 0.717) is 6.54 Å². The Kier molecular flexibility index (Phi) is 7.59. The molecule has 148 valence electrons. The van der Waals surface area contributed by atoms with Gasteiger partial charge >= 0.3 is 0 Å². The molecule has 1 aromatic carbocycles. The van der Waals surface area contributed by atoms with Crippen molar-refractivity contribution in [3.63, 3.8) is 0 Å². The van der Waals surface area contributed by atoms with E-state index in [-0.39, 0.29) is 17.7 Å². The summed E-state index contributed by atoms with van der Waals surface area (Å²) in [7, 11) is 0. The number of carbonyl (C=O) groups excluding carboxylic acids is 2. The summed E-state index contributed by atoms with van der Waals surface area (Å²) < 4.78 is 0. The van der Waals surface area contributed by atoms with Gasteiger partial charge in [0.25, 0.3) is 0 Å². The second-order valence-corrected chi connectivity index (χ2v) is 8.55. The van der Waals surface area contributed by atoms with Crippen LogP contribution in [0.4, 0.5) is 5.69 Å². The molecule has 5 nitrogen and oxygen atoms in total. The van der Waals surface area contributed by atoms with Crippen molar-refractivity contribution in [3.05, 3.63) is 24.3 Å². The zero-order chi connectivity index (χ0) is 19.1. The Morgan fingerprint density at radius 2 is 1.93 bits per heavy atom. The van der Waals surface area contributed by atoms with Gasteiger partial charge in [-0.15, -0.1) is 11.8 Å². The summed E-state index contributed by atoms with van der Waals surface area (Å²) in [5.41, 5.74) is 1.04. The van der Waals surface area contributed by atoms with Crippen LogP contribution >= 0.6 is 11.8 Å². The number of carbonyl (C=O) groups is 2. The standard InChI is InChI=1S/C21H31N3O2S/c1-2-3-6-11-22-21(26)17-9-12-23(13-10-17)16-20(25)24-14-15-27-19-8-5-4-7-18(19)24/h4-5,7-8,17H,2-3,6,9-16H2,1H3,(H,22,26). The number of hydrogen-bond donors (Lipinski definition) is 1. The second-order valence-electron chi connectivity index (χ2n) is 7.41. The predicted octanol–water partition coefficient (Wildman–Crippen LogP) is 3.14. The van der Waals surface area contributed by atoms with E-state index in [2.05, 4.69) is 23.2 Å². The molecule has 0 atom stereocenters. The lowest BCUT2D eigenvalue weighted by molar-refractivity contribution is -0.126. The summed E-state index contributed by atoms with van der Waals surface area (Å²) in [4.78, 5) is 30.4. The molecule has 0 radical (unpaired) electrons. The van der Waals surface area contributed by atoms with Gasteiger partial charge in [-0.05, 0) is 44.5 Å². The number of nitrogens with zero attached hydrogens (tertiary/aromatic N) is 2. The molecular formula is C21H31N3O2S. The molecule has 0 unspecified atom stereocenters. The number of amides is 2. The lowest BCUT2D eigenvalue weighted by atomic mass is 9.96. The Morgan fingerprint density at radius 3 is 2.70 bits per heavy atom. The van der Waals surface area contributed by atoms with Gasteiger partial charge in [0, 0.05) is 29.7 Å². The maximum absolute atomic E-state index is 12.8. The van der Waals surface area contributed by atoms with Gasteiger partial charge in [0.2, 0.25) is 11.8 Å². The second kappa shape index (κ2) is 10.1. The number of unbranched alkanes of at least 4 members (excludes halogenated alkanes) is 2. The smallest absolute Gasteiger partial charge is 0.241 e. The molecule has 0 aliphatic carbocycles. The summed E-state index contributed by atoms with van der Waals surface area (Å²) >= 11 is 1.82. The molecule has 1 aromatic rings. The first-order chi connectivity index (χ1) is 13.2. The van der Waals surface area contributed by atoms with E-state index in [9.17, 15) is 9.59 Å². The Labute approximate surface area is 166 Å². The largest absolute Gasteiger partial charge is 0.356 e. The fourth-order valence-corrected chi connectivity index (χ4v) is 4.78. The van der Waals surface area contributed by atoms with Gasteiger partial charge in [0.05, 0.1) is 12.2 Å². The van der Waals surface area contributed by atoms with Gasteiger partial charge in [-0.3, -0.25) is 14.5 Å². The monoisotopic (exact) mass is 389 g/mol. The van der Waals surface area contributed by atoms with Crippen molar-refractivity contribution in [2.45, 2.75) is 43.9 Å². The third-order valence-electron chi connectivity index (χ3n) is 5.43. The Balaban J connectivity index is 1.44. The van der Waals surface area contributed by atoms with E-state index in [4.69, 9.17) is 0 Å². The Morgan fingerprint density at radius 1 is 1.15 bits per heavy atom. The van der Waals surface area contributed by atoms with E-state index in [1.54, 1.807) is 0 Å². The van der Waals surface area contributed by atoms with Crippen LogP contribution in [0.25, 0.3) is 0 Å². The maximum atomic E-state index is 12.8. The van der Waals surface area contributed by atoms with Gasteiger partial charge in [-0.25, -0.2) is 0 Å². The quantitative estimate of drug-likeness (QED) is 0.728. The van der Waals surface area contributed by atoms with Crippen LogP contribution in [0.2, 0.25) is 0 Å². The highest BCUT2D eigenvalue weighted by atomic mass is 32.2. The van der Waals surface area contributed by atoms with Gasteiger partial charge in [-0.1, -0.05) is 31.9 Å². The molecule has 0 saturated carbocycles. The van der Waals surface area contributed by atoms with E-state index in [1.807, 2.05) is 34.9 Å².